The van der Waals surface area contributed by atoms with Crippen molar-refractivity contribution in [3.05, 3.63) is 79.3 Å². The molecular formula is C20H15N5. The third kappa shape index (κ3) is 2.10. The van der Waals surface area contributed by atoms with Gasteiger partial charge < -0.3 is 10.3 Å². The molecule has 120 valence electrons. The Morgan fingerprint density at radius 2 is 1.80 bits per heavy atom. The number of fused-ring (bicyclic) bond motifs is 2. The first kappa shape index (κ1) is 13.8. The Kier molecular flexibility index (Phi) is 2.87. The van der Waals surface area contributed by atoms with Gasteiger partial charge in [0.2, 0.25) is 0 Å². The monoisotopic (exact) mass is 325 g/mol. The Bertz CT molecular complexity index is 1200. The predicted octanol–water partition coefficient (Wildman–Crippen LogP) is 3.92. The minimum Gasteiger partial charge on any atom is -0.383 e. The van der Waals surface area contributed by atoms with E-state index in [-0.39, 0.29) is 0 Å². The van der Waals surface area contributed by atoms with Gasteiger partial charge in [-0.05, 0) is 35.9 Å². The van der Waals surface area contributed by atoms with Gasteiger partial charge in [-0.15, -0.1) is 0 Å². The summed E-state index contributed by atoms with van der Waals surface area (Å²) in [6.45, 7) is 0. The van der Waals surface area contributed by atoms with Crippen molar-refractivity contribution >= 4 is 22.4 Å². The average Bonchev–Trinajstić information content (AvgIpc) is 3.29. The van der Waals surface area contributed by atoms with Crippen LogP contribution in [0.5, 0.6) is 0 Å². The maximum Gasteiger partial charge on any atom is 0.157 e. The first-order chi connectivity index (χ1) is 12.3. The van der Waals surface area contributed by atoms with E-state index in [1.807, 2.05) is 30.5 Å². The number of benzene rings is 2. The van der Waals surface area contributed by atoms with E-state index in [1.165, 1.54) is 0 Å². The molecule has 0 aliphatic rings. The molecule has 0 atom stereocenters. The van der Waals surface area contributed by atoms with Crippen molar-refractivity contribution in [2.75, 3.05) is 5.73 Å². The molecule has 0 bridgehead atoms. The van der Waals surface area contributed by atoms with Crippen LogP contribution in [-0.4, -0.2) is 19.2 Å². The first-order valence-corrected chi connectivity index (χ1v) is 8.06. The molecular weight excluding hydrogens is 310 g/mol. The fraction of sp³-hybridized carbons (Fsp3) is 0. The number of aromatic nitrogens is 4. The average molecular weight is 325 g/mol. The van der Waals surface area contributed by atoms with Crippen molar-refractivity contribution in [2.45, 2.75) is 0 Å². The van der Waals surface area contributed by atoms with Crippen molar-refractivity contribution in [3.8, 4) is 16.8 Å². The molecule has 5 heteroatoms. The van der Waals surface area contributed by atoms with E-state index in [4.69, 9.17) is 5.73 Å². The maximum absolute atomic E-state index is 6.29. The van der Waals surface area contributed by atoms with Crippen molar-refractivity contribution in [3.63, 3.8) is 0 Å². The van der Waals surface area contributed by atoms with E-state index in [1.54, 1.807) is 10.7 Å². The van der Waals surface area contributed by atoms with Crippen LogP contribution >= 0.6 is 0 Å². The lowest BCUT2D eigenvalue weighted by molar-refractivity contribution is 0.954. The minimum absolute atomic E-state index is 0.594. The van der Waals surface area contributed by atoms with Gasteiger partial charge in [0.15, 0.2) is 5.65 Å². The quantitative estimate of drug-likeness (QED) is 0.535. The molecule has 0 aliphatic carbocycles. The van der Waals surface area contributed by atoms with Crippen molar-refractivity contribution in [2.24, 2.45) is 0 Å². The number of hydrogen-bond acceptors (Lipinski definition) is 3. The molecule has 3 aromatic heterocycles. The molecule has 0 amide bonds. The van der Waals surface area contributed by atoms with E-state index in [0.717, 1.165) is 33.4 Å². The molecule has 3 heterocycles. The first-order valence-electron chi connectivity index (χ1n) is 8.06. The van der Waals surface area contributed by atoms with Crippen LogP contribution in [0.1, 0.15) is 0 Å². The summed E-state index contributed by atoms with van der Waals surface area (Å²) < 4.78 is 3.84. The Morgan fingerprint density at radius 1 is 0.920 bits per heavy atom. The van der Waals surface area contributed by atoms with Gasteiger partial charge in [0.25, 0.3) is 0 Å². The molecule has 5 aromatic rings. The Morgan fingerprint density at radius 3 is 2.68 bits per heavy atom. The van der Waals surface area contributed by atoms with E-state index >= 15 is 0 Å². The van der Waals surface area contributed by atoms with Gasteiger partial charge in [0.1, 0.15) is 5.82 Å². The van der Waals surface area contributed by atoms with Gasteiger partial charge in [-0.25, -0.2) is 4.98 Å². The van der Waals surface area contributed by atoms with Gasteiger partial charge >= 0.3 is 0 Å². The molecule has 0 aliphatic heterocycles. The SMILES string of the molecule is Nc1c(-c2ccc3c(ccn3-c3ccccc3)c2)cnc2ccnn12. The minimum atomic E-state index is 0.594. The second-order valence-electron chi connectivity index (χ2n) is 5.95. The van der Waals surface area contributed by atoms with E-state index in [0.29, 0.717) is 5.82 Å². The lowest BCUT2D eigenvalue weighted by Gasteiger charge is -2.09. The third-order valence-electron chi connectivity index (χ3n) is 4.49. The van der Waals surface area contributed by atoms with Crippen LogP contribution in [0, 0.1) is 0 Å². The zero-order chi connectivity index (χ0) is 16.8. The molecule has 2 N–H and O–H groups in total. The summed E-state index contributed by atoms with van der Waals surface area (Å²) in [5.41, 5.74) is 11.2. The normalized spacial score (nSPS) is 11.4. The van der Waals surface area contributed by atoms with Crippen molar-refractivity contribution < 1.29 is 0 Å². The molecule has 0 unspecified atom stereocenters. The van der Waals surface area contributed by atoms with Gasteiger partial charge in [-0.1, -0.05) is 24.3 Å². The number of nitrogen functional groups attached to an aromatic ring is 1. The third-order valence-corrected chi connectivity index (χ3v) is 4.49. The molecule has 5 rings (SSSR count). The van der Waals surface area contributed by atoms with Crippen LogP contribution in [0.25, 0.3) is 33.4 Å². The van der Waals surface area contributed by atoms with Crippen molar-refractivity contribution in [1.29, 1.82) is 0 Å². The maximum atomic E-state index is 6.29. The molecule has 25 heavy (non-hydrogen) atoms. The Labute approximate surface area is 144 Å². The van der Waals surface area contributed by atoms with Gasteiger partial charge in [-0.3, -0.25) is 0 Å². The fourth-order valence-electron chi connectivity index (χ4n) is 3.24. The number of nitrogens with two attached hydrogens (primary N) is 1. The number of nitrogens with zero attached hydrogens (tertiary/aromatic N) is 4. The topological polar surface area (TPSA) is 61.1 Å². The fourth-order valence-corrected chi connectivity index (χ4v) is 3.24. The zero-order valence-electron chi connectivity index (χ0n) is 13.4. The lowest BCUT2D eigenvalue weighted by atomic mass is 10.1. The van der Waals surface area contributed by atoms with Crippen LogP contribution < -0.4 is 5.73 Å². The highest BCUT2D eigenvalue weighted by atomic mass is 15.3. The molecule has 0 spiro atoms. The standard InChI is InChI=1S/C20H15N5/c21-20-17(13-22-19-8-10-23-25(19)20)14-6-7-18-15(12-14)9-11-24(18)16-4-2-1-3-5-16/h1-13H,21H2. The molecule has 0 radical (unpaired) electrons. The number of hydrogen-bond donors (Lipinski definition) is 1. The largest absolute Gasteiger partial charge is 0.383 e. The predicted molar refractivity (Wildman–Crippen MR) is 99.7 cm³/mol. The van der Waals surface area contributed by atoms with Crippen LogP contribution in [0.3, 0.4) is 0 Å². The molecule has 2 aromatic carbocycles. The van der Waals surface area contributed by atoms with Gasteiger partial charge in [0, 0.05) is 35.1 Å². The van der Waals surface area contributed by atoms with Gasteiger partial charge in [-0.2, -0.15) is 9.61 Å². The second-order valence-corrected chi connectivity index (χ2v) is 5.95. The lowest BCUT2D eigenvalue weighted by Crippen LogP contribution is -2.02. The highest BCUT2D eigenvalue weighted by Gasteiger charge is 2.10. The second kappa shape index (κ2) is 5.21. The summed E-state index contributed by atoms with van der Waals surface area (Å²) in [7, 11) is 0. The molecule has 0 saturated carbocycles. The summed E-state index contributed by atoms with van der Waals surface area (Å²) in [5, 5.41) is 5.39. The summed E-state index contributed by atoms with van der Waals surface area (Å²) in [6, 6.07) is 20.6. The van der Waals surface area contributed by atoms with Gasteiger partial charge in [0.05, 0.1) is 11.7 Å². The number of para-hydroxylation sites is 1. The van der Waals surface area contributed by atoms with Crippen molar-refractivity contribution in [1.82, 2.24) is 19.2 Å². The zero-order valence-corrected chi connectivity index (χ0v) is 13.4. The number of anilines is 1. The Hall–Kier alpha value is -3.60. The van der Waals surface area contributed by atoms with E-state index in [9.17, 15) is 0 Å². The highest BCUT2D eigenvalue weighted by molar-refractivity contribution is 5.88. The van der Waals surface area contributed by atoms with Crippen LogP contribution in [0.15, 0.2) is 79.3 Å². The van der Waals surface area contributed by atoms with Crippen LogP contribution in [0.4, 0.5) is 5.82 Å². The molecule has 5 nitrogen and oxygen atoms in total. The summed E-state index contributed by atoms with van der Waals surface area (Å²) in [5.74, 6) is 0.594. The molecule has 0 fully saturated rings. The smallest absolute Gasteiger partial charge is 0.157 e. The van der Waals surface area contributed by atoms with Crippen LogP contribution in [0.2, 0.25) is 0 Å². The molecule has 0 saturated heterocycles. The summed E-state index contributed by atoms with van der Waals surface area (Å²) in [6.07, 6.45) is 5.59. The summed E-state index contributed by atoms with van der Waals surface area (Å²) >= 11 is 0. The summed E-state index contributed by atoms with van der Waals surface area (Å²) in [4.78, 5) is 4.43. The van der Waals surface area contributed by atoms with Crippen LogP contribution in [-0.2, 0) is 0 Å². The highest BCUT2D eigenvalue weighted by Crippen LogP contribution is 2.30. The van der Waals surface area contributed by atoms with E-state index in [2.05, 4.69) is 57.2 Å². The number of rotatable bonds is 2. The van der Waals surface area contributed by atoms with E-state index < -0.39 is 0 Å². The Balaban J connectivity index is 1.67.